The molecule has 0 radical (unpaired) electrons. The molecule has 0 aliphatic rings. The summed E-state index contributed by atoms with van der Waals surface area (Å²) in [6, 6.07) is 0. The lowest BCUT2D eigenvalue weighted by Gasteiger charge is -1.81. The summed E-state index contributed by atoms with van der Waals surface area (Å²) in [5.74, 6) is 0. The van der Waals surface area contributed by atoms with Crippen molar-refractivity contribution in [2.75, 3.05) is 26.9 Å². The average Bonchev–Trinajstić information content (AvgIpc) is 2.10. The van der Waals surface area contributed by atoms with Gasteiger partial charge in [0.05, 0.1) is 6.54 Å². The van der Waals surface area contributed by atoms with E-state index in [-0.39, 0.29) is 20.2 Å². The first kappa shape index (κ1) is 7.90. The second kappa shape index (κ2) is 8.80. The molecular weight excluding hydrogens is 144 g/mol. The van der Waals surface area contributed by atoms with E-state index in [0.29, 0.717) is 6.54 Å². The van der Waals surface area contributed by atoms with Crippen LogP contribution < -0.4 is 0 Å². The molecule has 0 aliphatic carbocycles. The van der Waals surface area contributed by atoms with Gasteiger partial charge in [-0.3, -0.25) is 0 Å². The molecule has 0 saturated heterocycles. The van der Waals surface area contributed by atoms with Gasteiger partial charge in [-0.15, -0.1) is 0 Å². The zero-order chi connectivity index (χ0) is 9.07. The van der Waals surface area contributed by atoms with Crippen molar-refractivity contribution in [1.29, 1.82) is 0 Å². The molecule has 0 aliphatic heterocycles. The third-order valence-corrected chi connectivity index (χ3v) is 0.694. The fraction of sp³-hybridized carbons (Fsp3) is 1.00. The van der Waals surface area contributed by atoms with Crippen LogP contribution in [0.2, 0.25) is 0 Å². The molecule has 0 unspecified atom stereocenters. The van der Waals surface area contributed by atoms with Crippen LogP contribution in [0.3, 0.4) is 0 Å². The molecule has 0 heterocycles. The highest BCUT2D eigenvalue weighted by molar-refractivity contribution is 4.32. The van der Waals surface area contributed by atoms with E-state index in [1.165, 1.54) is 0 Å². The minimum Gasteiger partial charge on any atom is -0.196 e. The summed E-state index contributed by atoms with van der Waals surface area (Å²) in [7, 11) is 1.57. The van der Waals surface area contributed by atoms with Crippen LogP contribution >= 0.6 is 0 Å². The summed E-state index contributed by atoms with van der Waals surface area (Å²) in [6.07, 6.45) is 0. The Morgan fingerprint density at radius 3 is 2.27 bits per heavy atom. The lowest BCUT2D eigenvalue weighted by atomic mass is 10.8. The summed E-state index contributed by atoms with van der Waals surface area (Å²) in [5.41, 5.74) is 0. The lowest BCUT2D eigenvalue weighted by molar-refractivity contribution is 0.794. The first-order valence-electron chi connectivity index (χ1n) is 3.84. The normalized spacial score (nSPS) is 13.7. The predicted octanol–water partition coefficient (Wildman–Crippen LogP) is 1.91. The van der Waals surface area contributed by atoms with Crippen molar-refractivity contribution in [3.8, 4) is 0 Å². The van der Waals surface area contributed by atoms with Gasteiger partial charge in [0.2, 0.25) is 0 Å². The van der Waals surface area contributed by atoms with Crippen molar-refractivity contribution in [3.63, 3.8) is 0 Å². The molecule has 0 N–H and O–H groups in total. The highest BCUT2D eigenvalue weighted by Gasteiger charge is 1.72. The molecule has 0 fully saturated rings. The first-order chi connectivity index (χ1) is 5.91. The van der Waals surface area contributed by atoms with Crippen LogP contribution in [0.5, 0.6) is 0 Å². The zero-order valence-electron chi connectivity index (χ0n) is 7.51. The Kier molecular flexibility index (Phi) is 6.32. The van der Waals surface area contributed by atoms with E-state index in [0.717, 1.165) is 0 Å². The average molecular weight is 158 g/mol. The lowest BCUT2D eigenvalue weighted by Crippen LogP contribution is -1.73. The molecule has 0 atom stereocenters. The van der Waals surface area contributed by atoms with Crippen molar-refractivity contribution < 1.29 is 1.37 Å². The molecule has 6 nitrogen and oxygen atoms in total. The molecule has 0 spiro atoms. The van der Waals surface area contributed by atoms with E-state index in [4.69, 9.17) is 1.37 Å². The fourth-order valence-electron chi connectivity index (χ4n) is 0.325. The van der Waals surface area contributed by atoms with Crippen LogP contribution in [-0.4, -0.2) is 26.9 Å². The second-order valence-corrected chi connectivity index (χ2v) is 1.41. The standard InChI is InChI=1S/C5H12N6/c1-3-7-9-5-11-10-4-8-6-2/h3-5H2,1-2H3/i1T. The summed E-state index contributed by atoms with van der Waals surface area (Å²) in [5, 5.41) is 21.6. The maximum Gasteiger partial charge on any atom is 0.170 e. The van der Waals surface area contributed by atoms with Crippen molar-refractivity contribution in [1.82, 2.24) is 0 Å². The largest absolute Gasteiger partial charge is 0.196 e. The van der Waals surface area contributed by atoms with Crippen LogP contribution in [0, 0.1) is 0 Å². The first-order valence-corrected chi connectivity index (χ1v) is 3.13. The molecule has 0 aromatic heterocycles. The number of rotatable bonds is 5. The predicted molar refractivity (Wildman–Crippen MR) is 40.8 cm³/mol. The van der Waals surface area contributed by atoms with E-state index < -0.39 is 0 Å². The van der Waals surface area contributed by atoms with Gasteiger partial charge in [0.25, 0.3) is 0 Å². The summed E-state index contributed by atoms with van der Waals surface area (Å²) in [6.45, 7) is 1.12. The Labute approximate surface area is 66.9 Å². The molecule has 0 saturated carbocycles. The van der Waals surface area contributed by atoms with Crippen molar-refractivity contribution in [3.05, 3.63) is 0 Å². The molecule has 0 aromatic carbocycles. The van der Waals surface area contributed by atoms with Gasteiger partial charge in [-0.2, -0.15) is 30.7 Å². The highest BCUT2D eigenvalue weighted by Crippen LogP contribution is 1.81. The minimum atomic E-state index is 0.208. The van der Waals surface area contributed by atoms with Gasteiger partial charge in [0.1, 0.15) is 0 Å². The zero-order valence-corrected chi connectivity index (χ0v) is 6.51. The van der Waals surface area contributed by atoms with E-state index in [9.17, 15) is 0 Å². The molecule has 11 heavy (non-hydrogen) atoms. The van der Waals surface area contributed by atoms with Gasteiger partial charge in [-0.05, 0) is 6.90 Å². The van der Waals surface area contributed by atoms with Gasteiger partial charge in [0.15, 0.2) is 13.3 Å². The Morgan fingerprint density at radius 1 is 1.00 bits per heavy atom. The highest BCUT2D eigenvalue weighted by atomic mass is 15.3. The molecule has 6 heteroatoms. The molecule has 0 amide bonds. The quantitative estimate of drug-likeness (QED) is 0.548. The number of nitrogens with zero attached hydrogens (tertiary/aromatic N) is 6. The van der Waals surface area contributed by atoms with Gasteiger partial charge < -0.3 is 0 Å². The molecule has 0 rings (SSSR count). The SMILES string of the molecule is [3H]CCN=NCN=NCN=NC. The van der Waals surface area contributed by atoms with E-state index in [2.05, 4.69) is 30.7 Å². The smallest absolute Gasteiger partial charge is 0.170 e. The third-order valence-electron chi connectivity index (χ3n) is 0.694. The molecule has 0 bridgehead atoms. The van der Waals surface area contributed by atoms with Gasteiger partial charge in [-0.25, -0.2) is 0 Å². The Bertz CT molecular complexity index is 165. The van der Waals surface area contributed by atoms with Gasteiger partial charge in [0, 0.05) is 8.42 Å². The number of hydrogen-bond acceptors (Lipinski definition) is 6. The van der Waals surface area contributed by atoms with Crippen LogP contribution in [0.15, 0.2) is 30.7 Å². The summed E-state index contributed by atoms with van der Waals surface area (Å²) in [4.78, 5) is 0. The second-order valence-electron chi connectivity index (χ2n) is 1.41. The molecular formula is C5H12N6. The fourth-order valence-corrected chi connectivity index (χ4v) is 0.325. The maximum absolute atomic E-state index is 6.74. The van der Waals surface area contributed by atoms with Crippen molar-refractivity contribution in [2.45, 2.75) is 6.90 Å². The number of azo groups is 3. The van der Waals surface area contributed by atoms with Crippen LogP contribution in [0.4, 0.5) is 0 Å². The van der Waals surface area contributed by atoms with E-state index in [1.807, 2.05) is 0 Å². The van der Waals surface area contributed by atoms with E-state index in [1.54, 1.807) is 7.05 Å². The van der Waals surface area contributed by atoms with Crippen LogP contribution in [0.1, 0.15) is 8.27 Å². The molecule has 62 valence electrons. The number of hydrogen-bond donors (Lipinski definition) is 0. The summed E-state index contributed by atoms with van der Waals surface area (Å²) < 4.78 is 6.74. The Hall–Kier alpha value is -1.20. The third kappa shape index (κ3) is 8.80. The van der Waals surface area contributed by atoms with Gasteiger partial charge in [-0.1, -0.05) is 0 Å². The van der Waals surface area contributed by atoms with Gasteiger partial charge >= 0.3 is 0 Å². The van der Waals surface area contributed by atoms with E-state index >= 15 is 0 Å². The Balaban J connectivity index is 3.23. The monoisotopic (exact) mass is 158 g/mol. The van der Waals surface area contributed by atoms with Crippen molar-refractivity contribution in [2.24, 2.45) is 30.7 Å². The van der Waals surface area contributed by atoms with Crippen molar-refractivity contribution >= 4 is 0 Å². The summed E-state index contributed by atoms with van der Waals surface area (Å²) >= 11 is 0. The Morgan fingerprint density at radius 2 is 1.64 bits per heavy atom. The minimum absolute atomic E-state index is 0.208. The van der Waals surface area contributed by atoms with Crippen LogP contribution in [-0.2, 0) is 0 Å². The maximum atomic E-state index is 6.74. The molecule has 0 aromatic rings. The topological polar surface area (TPSA) is 74.2 Å². The van der Waals surface area contributed by atoms with Crippen LogP contribution in [0.25, 0.3) is 0 Å².